The average Bonchev–Trinajstić information content (AvgIpc) is 3.63. The fraction of sp³-hybridized carbons (Fsp3) is 0.280. The molecule has 1 saturated heterocycles. The number of benzene rings is 2. The van der Waals surface area contributed by atoms with Crippen LogP contribution < -0.4 is 15.2 Å². The van der Waals surface area contributed by atoms with E-state index in [1.165, 1.54) is 4.68 Å². The molecule has 1 amide bonds. The minimum atomic E-state index is -0.168. The highest BCUT2D eigenvalue weighted by atomic mass is 16.7. The predicted molar refractivity (Wildman–Crippen MR) is 127 cm³/mol. The first kappa shape index (κ1) is 21.2. The lowest BCUT2D eigenvalue weighted by Crippen LogP contribution is -2.38. The number of carbonyl (C=O) groups is 1. The first-order valence-electron chi connectivity index (χ1n) is 11.5. The van der Waals surface area contributed by atoms with E-state index in [-0.39, 0.29) is 24.3 Å². The Bertz CT molecular complexity index is 1450. The number of aromatic amines is 1. The monoisotopic (exact) mass is 472 g/mol. The Hall–Kier alpha value is -4.34. The molecule has 0 spiro atoms. The second-order valence-corrected chi connectivity index (χ2v) is 8.74. The molecule has 10 heteroatoms. The number of rotatable bonds is 4. The summed E-state index contributed by atoms with van der Waals surface area (Å²) >= 11 is 0. The number of para-hydroxylation sites is 1. The van der Waals surface area contributed by atoms with E-state index in [9.17, 15) is 9.59 Å². The van der Waals surface area contributed by atoms with Crippen molar-refractivity contribution in [1.82, 2.24) is 29.4 Å². The smallest absolute Gasteiger partial charge is 0.350 e. The minimum absolute atomic E-state index is 0.0825. The van der Waals surface area contributed by atoms with Gasteiger partial charge in [0, 0.05) is 31.6 Å². The van der Waals surface area contributed by atoms with Gasteiger partial charge in [-0.15, -0.1) is 0 Å². The summed E-state index contributed by atoms with van der Waals surface area (Å²) < 4.78 is 13.8. The van der Waals surface area contributed by atoms with Crippen molar-refractivity contribution in [2.75, 3.05) is 19.9 Å². The Labute approximate surface area is 200 Å². The van der Waals surface area contributed by atoms with Crippen LogP contribution in [-0.2, 0) is 7.05 Å². The third-order valence-electron chi connectivity index (χ3n) is 6.59. The van der Waals surface area contributed by atoms with Gasteiger partial charge in [0.05, 0.1) is 11.4 Å². The van der Waals surface area contributed by atoms with Crippen molar-refractivity contribution in [2.24, 2.45) is 7.05 Å². The lowest BCUT2D eigenvalue weighted by Gasteiger charge is -2.31. The highest BCUT2D eigenvalue weighted by molar-refractivity contribution is 5.93. The van der Waals surface area contributed by atoms with Gasteiger partial charge < -0.3 is 14.4 Å². The molecule has 1 fully saturated rings. The predicted octanol–water partition coefficient (Wildman–Crippen LogP) is 2.71. The van der Waals surface area contributed by atoms with Crippen LogP contribution in [0.1, 0.15) is 35.1 Å². The highest BCUT2D eigenvalue weighted by Gasteiger charge is 2.30. The molecule has 4 heterocycles. The maximum atomic E-state index is 13.2. The van der Waals surface area contributed by atoms with Gasteiger partial charge in [-0.1, -0.05) is 18.2 Å². The quantitative estimate of drug-likeness (QED) is 0.489. The van der Waals surface area contributed by atoms with Crippen molar-refractivity contribution < 1.29 is 14.3 Å². The zero-order chi connectivity index (χ0) is 23.9. The lowest BCUT2D eigenvalue weighted by atomic mass is 9.95. The van der Waals surface area contributed by atoms with E-state index in [1.54, 1.807) is 17.7 Å². The summed E-state index contributed by atoms with van der Waals surface area (Å²) in [4.78, 5) is 27.7. The van der Waals surface area contributed by atoms with Crippen molar-refractivity contribution in [2.45, 2.75) is 18.8 Å². The molecule has 2 aromatic carbocycles. The van der Waals surface area contributed by atoms with Crippen molar-refractivity contribution in [3.8, 4) is 28.4 Å². The van der Waals surface area contributed by atoms with E-state index in [0.717, 1.165) is 29.9 Å². The van der Waals surface area contributed by atoms with Crippen LogP contribution in [0.3, 0.4) is 0 Å². The normalized spacial score (nSPS) is 15.5. The number of ether oxygens (including phenoxy) is 2. The molecule has 0 atom stereocenters. The summed E-state index contributed by atoms with van der Waals surface area (Å²) in [5.74, 6) is 2.10. The number of aryl methyl sites for hydroxylation is 1. The molecule has 35 heavy (non-hydrogen) atoms. The second-order valence-electron chi connectivity index (χ2n) is 8.74. The fourth-order valence-corrected chi connectivity index (χ4v) is 4.71. The van der Waals surface area contributed by atoms with E-state index in [2.05, 4.69) is 15.3 Å². The van der Waals surface area contributed by atoms with Gasteiger partial charge in [0.15, 0.2) is 11.5 Å². The van der Waals surface area contributed by atoms with Gasteiger partial charge in [0.1, 0.15) is 11.5 Å². The van der Waals surface area contributed by atoms with E-state index >= 15 is 0 Å². The number of nitrogens with one attached hydrogen (secondary N) is 1. The molecule has 0 aliphatic carbocycles. The van der Waals surface area contributed by atoms with Gasteiger partial charge >= 0.3 is 5.69 Å². The number of fused-ring (bicyclic) bond motifs is 1. The maximum Gasteiger partial charge on any atom is 0.350 e. The molecule has 4 aromatic rings. The van der Waals surface area contributed by atoms with Gasteiger partial charge in [-0.05, 0) is 49.2 Å². The van der Waals surface area contributed by atoms with E-state index in [1.807, 2.05) is 53.4 Å². The molecular weight excluding hydrogens is 448 g/mol. The van der Waals surface area contributed by atoms with Crippen LogP contribution in [-0.4, -0.2) is 55.2 Å². The third kappa shape index (κ3) is 3.76. The van der Waals surface area contributed by atoms with Crippen molar-refractivity contribution in [3.05, 3.63) is 76.6 Å². The van der Waals surface area contributed by atoms with Crippen molar-refractivity contribution in [3.63, 3.8) is 0 Å². The molecule has 2 aliphatic rings. The average molecular weight is 473 g/mol. The third-order valence-corrected chi connectivity index (χ3v) is 6.59. The van der Waals surface area contributed by atoms with Crippen molar-refractivity contribution in [1.29, 1.82) is 0 Å². The van der Waals surface area contributed by atoms with Crippen LogP contribution >= 0.6 is 0 Å². The number of H-pyrrole nitrogens is 1. The number of hydrogen-bond donors (Lipinski definition) is 1. The molecule has 0 saturated carbocycles. The first-order valence-corrected chi connectivity index (χ1v) is 11.5. The lowest BCUT2D eigenvalue weighted by molar-refractivity contribution is 0.0704. The summed E-state index contributed by atoms with van der Waals surface area (Å²) in [5, 5.41) is 11.7. The SMILES string of the molecule is Cn1nc(C2CCN(C(=O)c3cc(-c4ccc5c(c4)OCO5)n[nH]3)CC2)n(-c2ccccc2)c1=O. The molecule has 0 bridgehead atoms. The van der Waals surface area contributed by atoms with Gasteiger partial charge in [0.25, 0.3) is 5.91 Å². The minimum Gasteiger partial charge on any atom is -0.454 e. The summed E-state index contributed by atoms with van der Waals surface area (Å²) in [6.45, 7) is 1.35. The second kappa shape index (κ2) is 8.46. The molecule has 0 unspecified atom stereocenters. The van der Waals surface area contributed by atoms with Crippen LogP contribution in [0.4, 0.5) is 0 Å². The molecule has 0 radical (unpaired) electrons. The standard InChI is InChI=1S/C25H24N6O4/c1-29-25(33)31(18-5-3-2-4-6-18)23(28-29)16-9-11-30(12-10-16)24(32)20-14-19(26-27-20)17-7-8-21-22(13-17)35-15-34-21/h2-8,13-14,16H,9-12,15H2,1H3,(H,26,27). The zero-order valence-electron chi connectivity index (χ0n) is 19.2. The van der Waals surface area contributed by atoms with Crippen LogP contribution in [0, 0.1) is 0 Å². The number of nitrogens with zero attached hydrogens (tertiary/aromatic N) is 5. The van der Waals surface area contributed by atoms with Gasteiger partial charge in [-0.3, -0.25) is 9.89 Å². The first-order chi connectivity index (χ1) is 17.1. The number of likely N-dealkylation sites (tertiary alicyclic amines) is 1. The summed E-state index contributed by atoms with van der Waals surface area (Å²) in [6, 6.07) is 16.9. The van der Waals surface area contributed by atoms with Gasteiger partial charge in [-0.25, -0.2) is 14.0 Å². The van der Waals surface area contributed by atoms with Crippen LogP contribution in [0.25, 0.3) is 16.9 Å². The molecular formula is C25H24N6O4. The molecule has 2 aromatic heterocycles. The Balaban J connectivity index is 1.17. The summed E-state index contributed by atoms with van der Waals surface area (Å²) in [6.07, 6.45) is 1.44. The van der Waals surface area contributed by atoms with Gasteiger partial charge in [0.2, 0.25) is 6.79 Å². The molecule has 1 N–H and O–H groups in total. The molecule has 2 aliphatic heterocycles. The van der Waals surface area contributed by atoms with E-state index in [0.29, 0.717) is 36.0 Å². The van der Waals surface area contributed by atoms with Crippen LogP contribution in [0.15, 0.2) is 59.4 Å². The summed E-state index contributed by atoms with van der Waals surface area (Å²) in [7, 11) is 1.67. The topological polar surface area (TPSA) is 107 Å². The molecule has 6 rings (SSSR count). The number of amides is 1. The Morgan fingerprint density at radius 1 is 1.03 bits per heavy atom. The van der Waals surface area contributed by atoms with Crippen molar-refractivity contribution >= 4 is 5.91 Å². The van der Waals surface area contributed by atoms with E-state index < -0.39 is 0 Å². The fourth-order valence-electron chi connectivity index (χ4n) is 4.71. The van der Waals surface area contributed by atoms with Crippen LogP contribution in [0.5, 0.6) is 11.5 Å². The number of hydrogen-bond acceptors (Lipinski definition) is 6. The Morgan fingerprint density at radius 3 is 2.60 bits per heavy atom. The molecule has 10 nitrogen and oxygen atoms in total. The number of aromatic nitrogens is 5. The Kier molecular flexibility index (Phi) is 5.13. The highest BCUT2D eigenvalue weighted by Crippen LogP contribution is 2.35. The number of piperidine rings is 1. The van der Waals surface area contributed by atoms with Crippen LogP contribution in [0.2, 0.25) is 0 Å². The zero-order valence-corrected chi connectivity index (χ0v) is 19.2. The van der Waals surface area contributed by atoms with Gasteiger partial charge in [-0.2, -0.15) is 10.2 Å². The number of carbonyl (C=O) groups excluding carboxylic acids is 1. The molecule has 178 valence electrons. The van der Waals surface area contributed by atoms with E-state index in [4.69, 9.17) is 9.47 Å². The maximum absolute atomic E-state index is 13.2. The summed E-state index contributed by atoms with van der Waals surface area (Å²) in [5.41, 5.74) is 2.58. The Morgan fingerprint density at radius 2 is 1.80 bits per heavy atom. The largest absolute Gasteiger partial charge is 0.454 e.